The molecule has 0 aliphatic rings. The van der Waals surface area contributed by atoms with Crippen molar-refractivity contribution in [2.45, 2.75) is 46.1 Å². The van der Waals surface area contributed by atoms with Crippen LogP contribution in [0.25, 0.3) is 5.69 Å². The van der Waals surface area contributed by atoms with Crippen molar-refractivity contribution >= 4 is 0 Å². The smallest absolute Gasteiger partial charge is 0.115 e. The minimum atomic E-state index is 0.253. The number of rotatable bonds is 7. The number of hydrogen-bond acceptors (Lipinski definition) is 5. The molecule has 0 aliphatic carbocycles. The van der Waals surface area contributed by atoms with Crippen LogP contribution >= 0.6 is 0 Å². The van der Waals surface area contributed by atoms with E-state index in [1.54, 1.807) is 12.4 Å². The Hall–Kier alpha value is -1.82. The van der Waals surface area contributed by atoms with Crippen molar-refractivity contribution in [1.82, 2.24) is 30.3 Å². The van der Waals surface area contributed by atoms with E-state index in [4.69, 9.17) is 0 Å². The van der Waals surface area contributed by atoms with E-state index < -0.39 is 0 Å². The Labute approximate surface area is 119 Å². The third-order valence-electron chi connectivity index (χ3n) is 3.30. The van der Waals surface area contributed by atoms with Crippen LogP contribution in [-0.2, 0) is 6.42 Å². The van der Waals surface area contributed by atoms with Crippen LogP contribution in [0, 0.1) is 0 Å². The molecule has 6 nitrogen and oxygen atoms in total. The van der Waals surface area contributed by atoms with Crippen LogP contribution in [0.15, 0.2) is 18.7 Å². The summed E-state index contributed by atoms with van der Waals surface area (Å²) in [4.78, 5) is 8.09. The highest BCUT2D eigenvalue weighted by molar-refractivity contribution is 5.29. The van der Waals surface area contributed by atoms with E-state index in [0.29, 0.717) is 0 Å². The van der Waals surface area contributed by atoms with Gasteiger partial charge in [0.05, 0.1) is 24.1 Å². The number of aromatic nitrogens is 5. The van der Waals surface area contributed by atoms with Crippen molar-refractivity contribution in [2.75, 3.05) is 6.54 Å². The van der Waals surface area contributed by atoms with Crippen LogP contribution < -0.4 is 5.32 Å². The molecule has 1 N–H and O–H groups in total. The molecular weight excluding hydrogens is 252 g/mol. The highest BCUT2D eigenvalue weighted by Gasteiger charge is 2.19. The summed E-state index contributed by atoms with van der Waals surface area (Å²) in [6, 6.07) is 0.253. The molecule has 0 saturated carbocycles. The average Bonchev–Trinajstić information content (AvgIpc) is 2.93. The summed E-state index contributed by atoms with van der Waals surface area (Å²) in [5.74, 6) is 0. The fourth-order valence-corrected chi connectivity index (χ4v) is 2.28. The van der Waals surface area contributed by atoms with Crippen molar-refractivity contribution in [1.29, 1.82) is 0 Å². The second kappa shape index (κ2) is 7.09. The third-order valence-corrected chi connectivity index (χ3v) is 3.30. The van der Waals surface area contributed by atoms with Gasteiger partial charge in [-0.1, -0.05) is 26.0 Å². The van der Waals surface area contributed by atoms with Crippen LogP contribution in [-0.4, -0.2) is 31.5 Å². The van der Waals surface area contributed by atoms with Crippen molar-refractivity contribution in [2.24, 2.45) is 0 Å². The molecule has 1 atom stereocenters. The molecular formula is C14H22N6. The molecule has 108 valence electrons. The van der Waals surface area contributed by atoms with Gasteiger partial charge in [-0.2, -0.15) is 0 Å². The molecule has 0 aliphatic heterocycles. The first-order chi connectivity index (χ1) is 9.81. The molecule has 0 aromatic carbocycles. The molecule has 0 radical (unpaired) electrons. The largest absolute Gasteiger partial charge is 0.309 e. The molecule has 20 heavy (non-hydrogen) atoms. The maximum atomic E-state index is 4.38. The lowest BCUT2D eigenvalue weighted by Gasteiger charge is -2.15. The van der Waals surface area contributed by atoms with Crippen LogP contribution in [0.5, 0.6) is 0 Å². The third kappa shape index (κ3) is 3.01. The van der Waals surface area contributed by atoms with E-state index in [9.17, 15) is 0 Å². The van der Waals surface area contributed by atoms with Gasteiger partial charge >= 0.3 is 0 Å². The lowest BCUT2D eigenvalue weighted by molar-refractivity contribution is 0.503. The Kier molecular flexibility index (Phi) is 5.17. The predicted octanol–water partition coefficient (Wildman–Crippen LogP) is 2.07. The van der Waals surface area contributed by atoms with E-state index in [1.807, 2.05) is 4.68 Å². The Morgan fingerprint density at radius 3 is 2.55 bits per heavy atom. The van der Waals surface area contributed by atoms with Gasteiger partial charge in [0.2, 0.25) is 0 Å². The maximum absolute atomic E-state index is 4.38. The second-order valence-corrected chi connectivity index (χ2v) is 4.70. The summed E-state index contributed by atoms with van der Waals surface area (Å²) in [6.07, 6.45) is 8.01. The zero-order valence-corrected chi connectivity index (χ0v) is 12.4. The summed E-state index contributed by atoms with van der Waals surface area (Å²) >= 11 is 0. The summed E-state index contributed by atoms with van der Waals surface area (Å²) < 4.78 is 1.84. The van der Waals surface area contributed by atoms with Gasteiger partial charge < -0.3 is 5.32 Å². The van der Waals surface area contributed by atoms with E-state index in [1.165, 1.54) is 6.33 Å². The fourth-order valence-electron chi connectivity index (χ4n) is 2.28. The zero-order chi connectivity index (χ0) is 14.4. The first-order valence-corrected chi connectivity index (χ1v) is 7.24. The molecule has 0 bridgehead atoms. The van der Waals surface area contributed by atoms with Crippen LogP contribution in [0.4, 0.5) is 0 Å². The summed E-state index contributed by atoms with van der Waals surface area (Å²) in [5, 5.41) is 12.2. The maximum Gasteiger partial charge on any atom is 0.115 e. The van der Waals surface area contributed by atoms with Gasteiger partial charge in [0.25, 0.3) is 0 Å². The average molecular weight is 274 g/mol. The topological polar surface area (TPSA) is 68.5 Å². The van der Waals surface area contributed by atoms with Gasteiger partial charge in [-0.3, -0.25) is 0 Å². The minimum absolute atomic E-state index is 0.253. The summed E-state index contributed by atoms with van der Waals surface area (Å²) in [6.45, 7) is 7.44. The lowest BCUT2D eigenvalue weighted by atomic mass is 10.1. The molecule has 2 aromatic heterocycles. The second-order valence-electron chi connectivity index (χ2n) is 4.70. The first-order valence-electron chi connectivity index (χ1n) is 7.24. The Bertz CT molecular complexity index is 522. The lowest BCUT2D eigenvalue weighted by Crippen LogP contribution is -2.23. The van der Waals surface area contributed by atoms with Crippen LogP contribution in [0.2, 0.25) is 0 Å². The Balaban J connectivity index is 2.33. The summed E-state index contributed by atoms with van der Waals surface area (Å²) in [7, 11) is 0. The van der Waals surface area contributed by atoms with Gasteiger partial charge in [0, 0.05) is 0 Å². The molecule has 2 aromatic rings. The molecule has 1 unspecified atom stereocenters. The quantitative estimate of drug-likeness (QED) is 0.837. The van der Waals surface area contributed by atoms with Gasteiger partial charge in [-0.25, -0.2) is 14.6 Å². The normalized spacial score (nSPS) is 12.6. The van der Waals surface area contributed by atoms with E-state index >= 15 is 0 Å². The summed E-state index contributed by atoms with van der Waals surface area (Å²) in [5.41, 5.74) is 3.01. The fraction of sp³-hybridized carbons (Fsp3) is 0.571. The van der Waals surface area contributed by atoms with Crippen molar-refractivity contribution in [3.8, 4) is 5.69 Å². The van der Waals surface area contributed by atoms with E-state index in [-0.39, 0.29) is 6.04 Å². The van der Waals surface area contributed by atoms with Gasteiger partial charge in [0.1, 0.15) is 17.7 Å². The van der Waals surface area contributed by atoms with Crippen molar-refractivity contribution < 1.29 is 0 Å². The van der Waals surface area contributed by atoms with Crippen LogP contribution in [0.3, 0.4) is 0 Å². The molecule has 0 spiro atoms. The van der Waals surface area contributed by atoms with Gasteiger partial charge in [-0.15, -0.1) is 5.10 Å². The minimum Gasteiger partial charge on any atom is -0.309 e. The first kappa shape index (κ1) is 14.6. The zero-order valence-electron chi connectivity index (χ0n) is 12.4. The molecule has 0 saturated heterocycles. The highest BCUT2D eigenvalue weighted by atomic mass is 15.4. The van der Waals surface area contributed by atoms with E-state index in [0.717, 1.165) is 42.9 Å². The molecule has 2 rings (SSSR count). The number of nitrogens with zero attached hydrogens (tertiary/aromatic N) is 5. The van der Waals surface area contributed by atoms with Crippen molar-refractivity contribution in [3.63, 3.8) is 0 Å². The molecule has 6 heteroatoms. The standard InChI is InChI=1S/C14H22N6/c1-4-7-17-12(5-2)14-13(6-3)20(19-18-14)11-8-15-10-16-9-11/h8-10,12,17H,4-7H2,1-3H3. The highest BCUT2D eigenvalue weighted by Crippen LogP contribution is 2.21. The van der Waals surface area contributed by atoms with Gasteiger partial charge in [-0.05, 0) is 25.8 Å². The molecule has 2 heterocycles. The predicted molar refractivity (Wildman–Crippen MR) is 77.7 cm³/mol. The number of hydrogen-bond donors (Lipinski definition) is 1. The Morgan fingerprint density at radius 2 is 1.95 bits per heavy atom. The van der Waals surface area contributed by atoms with Gasteiger partial charge in [0.15, 0.2) is 0 Å². The molecule has 0 amide bonds. The SMILES string of the molecule is CCCNC(CC)c1nnn(-c2cncnc2)c1CC. The molecule has 0 fully saturated rings. The van der Waals surface area contributed by atoms with Crippen molar-refractivity contribution in [3.05, 3.63) is 30.1 Å². The van der Waals surface area contributed by atoms with E-state index in [2.05, 4.69) is 46.4 Å². The monoisotopic (exact) mass is 274 g/mol. The Morgan fingerprint density at radius 1 is 1.20 bits per heavy atom. The van der Waals surface area contributed by atoms with Crippen LogP contribution in [0.1, 0.15) is 51.0 Å². The number of nitrogens with one attached hydrogen (secondary N) is 1.